The molecule has 0 aromatic heterocycles. The molecule has 16 heavy (non-hydrogen) atoms. The highest BCUT2D eigenvalue weighted by molar-refractivity contribution is 9.10. The van der Waals surface area contributed by atoms with Crippen LogP contribution in [0.1, 0.15) is 11.7 Å². The Morgan fingerprint density at radius 2 is 2.12 bits per heavy atom. The van der Waals surface area contributed by atoms with Crippen LogP contribution in [0.25, 0.3) is 0 Å². The van der Waals surface area contributed by atoms with Crippen LogP contribution in [0.3, 0.4) is 0 Å². The number of rotatable bonds is 3. The van der Waals surface area contributed by atoms with E-state index in [-0.39, 0.29) is 12.7 Å². The predicted octanol–water partition coefficient (Wildman–Crippen LogP) is 1.81. The first-order chi connectivity index (χ1) is 7.79. The van der Waals surface area contributed by atoms with E-state index in [9.17, 15) is 0 Å². The minimum atomic E-state index is 0.133. The maximum atomic E-state index is 8.92. The minimum absolute atomic E-state index is 0.133. The van der Waals surface area contributed by atoms with Crippen molar-refractivity contribution >= 4 is 15.9 Å². The second-order valence-electron chi connectivity index (χ2n) is 3.94. The number of morpholine rings is 1. The Morgan fingerprint density at radius 1 is 1.38 bits per heavy atom. The third-order valence-electron chi connectivity index (χ3n) is 2.81. The van der Waals surface area contributed by atoms with Crippen molar-refractivity contribution in [2.24, 2.45) is 0 Å². The van der Waals surface area contributed by atoms with E-state index in [1.165, 1.54) is 5.56 Å². The van der Waals surface area contributed by atoms with Gasteiger partial charge in [0.15, 0.2) is 0 Å². The first-order valence-electron chi connectivity index (χ1n) is 5.50. The summed E-state index contributed by atoms with van der Waals surface area (Å²) < 4.78 is 6.82. The van der Waals surface area contributed by atoms with Gasteiger partial charge in [0.1, 0.15) is 0 Å². The highest BCUT2D eigenvalue weighted by atomic mass is 79.9. The van der Waals surface area contributed by atoms with Gasteiger partial charge in [-0.15, -0.1) is 0 Å². The van der Waals surface area contributed by atoms with Gasteiger partial charge in [-0.05, 0) is 17.7 Å². The fourth-order valence-corrected chi connectivity index (χ4v) is 2.19. The van der Waals surface area contributed by atoms with Crippen LogP contribution in [0, 0.1) is 0 Å². The molecule has 1 N–H and O–H groups in total. The Morgan fingerprint density at radius 3 is 2.81 bits per heavy atom. The molecule has 4 heteroatoms. The Bertz CT molecular complexity index is 326. The average Bonchev–Trinajstić information content (AvgIpc) is 2.31. The number of nitrogens with zero attached hydrogens (tertiary/aromatic N) is 1. The van der Waals surface area contributed by atoms with Crippen molar-refractivity contribution in [1.29, 1.82) is 0 Å². The summed E-state index contributed by atoms with van der Waals surface area (Å²) in [5.41, 5.74) is 1.20. The molecule has 88 valence electrons. The van der Waals surface area contributed by atoms with E-state index in [4.69, 9.17) is 9.84 Å². The number of aliphatic hydroxyl groups excluding tert-OH is 1. The molecule has 0 radical (unpaired) electrons. The van der Waals surface area contributed by atoms with E-state index in [0.29, 0.717) is 0 Å². The van der Waals surface area contributed by atoms with Crippen molar-refractivity contribution in [2.75, 3.05) is 32.8 Å². The smallest absolute Gasteiger partial charge is 0.0952 e. The van der Waals surface area contributed by atoms with Gasteiger partial charge in [0.2, 0.25) is 0 Å². The number of hydrogen-bond donors (Lipinski definition) is 1. The van der Waals surface area contributed by atoms with Gasteiger partial charge in [0, 0.05) is 24.1 Å². The number of hydrogen-bond acceptors (Lipinski definition) is 3. The van der Waals surface area contributed by atoms with Crippen LogP contribution in [0.2, 0.25) is 0 Å². The normalized spacial score (nSPS) is 22.2. The van der Waals surface area contributed by atoms with Gasteiger partial charge in [-0.3, -0.25) is 4.90 Å². The Labute approximate surface area is 104 Å². The van der Waals surface area contributed by atoms with Crippen molar-refractivity contribution in [1.82, 2.24) is 4.90 Å². The molecule has 0 spiro atoms. The Kier molecular flexibility index (Phi) is 4.35. The van der Waals surface area contributed by atoms with E-state index >= 15 is 0 Å². The van der Waals surface area contributed by atoms with Crippen LogP contribution in [0.5, 0.6) is 0 Å². The first-order valence-corrected chi connectivity index (χ1v) is 6.29. The second-order valence-corrected chi connectivity index (χ2v) is 4.85. The standard InChI is InChI=1S/C12H16BrNO2/c13-11-3-1-10(2-4-11)12-9-14(5-7-15)6-8-16-12/h1-4,12,15H,5-9H2. The summed E-state index contributed by atoms with van der Waals surface area (Å²) in [5, 5.41) is 8.92. The number of aliphatic hydroxyl groups is 1. The average molecular weight is 286 g/mol. The number of β-amino-alcohol motifs (C(OH)–C–C–N with tert-alkyl or cyclic N) is 1. The molecule has 0 amide bonds. The maximum absolute atomic E-state index is 8.92. The van der Waals surface area contributed by atoms with Gasteiger partial charge in [-0.2, -0.15) is 0 Å². The van der Waals surface area contributed by atoms with Gasteiger partial charge in [0.05, 0.1) is 19.3 Å². The van der Waals surface area contributed by atoms with Crippen LogP contribution >= 0.6 is 15.9 Å². The summed E-state index contributed by atoms with van der Waals surface area (Å²) in [7, 11) is 0. The van der Waals surface area contributed by atoms with Crippen molar-refractivity contribution in [3.05, 3.63) is 34.3 Å². The summed E-state index contributed by atoms with van der Waals surface area (Å²) >= 11 is 3.42. The molecule has 1 aliphatic heterocycles. The highest BCUT2D eigenvalue weighted by Crippen LogP contribution is 2.23. The van der Waals surface area contributed by atoms with Crippen molar-refractivity contribution in [3.8, 4) is 0 Å². The Hall–Kier alpha value is -0.420. The van der Waals surface area contributed by atoms with Crippen LogP contribution in [0.15, 0.2) is 28.7 Å². The molecule has 0 saturated carbocycles. The lowest BCUT2D eigenvalue weighted by Crippen LogP contribution is -2.39. The molecule has 1 fully saturated rings. The number of benzene rings is 1. The third kappa shape index (κ3) is 3.04. The monoisotopic (exact) mass is 285 g/mol. The molecule has 1 aromatic carbocycles. The van der Waals surface area contributed by atoms with E-state index in [1.54, 1.807) is 0 Å². The first kappa shape index (κ1) is 12.0. The lowest BCUT2D eigenvalue weighted by Gasteiger charge is -2.32. The molecule has 1 unspecified atom stereocenters. The zero-order valence-electron chi connectivity index (χ0n) is 9.10. The van der Waals surface area contributed by atoms with Gasteiger partial charge < -0.3 is 9.84 Å². The van der Waals surface area contributed by atoms with Crippen LogP contribution < -0.4 is 0 Å². The molecule has 0 bridgehead atoms. The lowest BCUT2D eigenvalue weighted by atomic mass is 10.1. The van der Waals surface area contributed by atoms with Gasteiger partial charge in [-0.25, -0.2) is 0 Å². The van der Waals surface area contributed by atoms with Crippen molar-refractivity contribution in [3.63, 3.8) is 0 Å². The van der Waals surface area contributed by atoms with Gasteiger partial charge in [-0.1, -0.05) is 28.1 Å². The highest BCUT2D eigenvalue weighted by Gasteiger charge is 2.21. The topological polar surface area (TPSA) is 32.7 Å². The third-order valence-corrected chi connectivity index (χ3v) is 3.34. The molecule has 2 rings (SSSR count). The van der Waals surface area contributed by atoms with Crippen molar-refractivity contribution in [2.45, 2.75) is 6.10 Å². The van der Waals surface area contributed by atoms with Crippen LogP contribution in [-0.2, 0) is 4.74 Å². The van der Waals surface area contributed by atoms with E-state index in [0.717, 1.165) is 30.7 Å². The Balaban J connectivity index is 2.01. The SMILES string of the molecule is OCCN1CCOC(c2ccc(Br)cc2)C1. The summed E-state index contributed by atoms with van der Waals surface area (Å²) in [4.78, 5) is 2.23. The molecular formula is C12H16BrNO2. The molecule has 1 aliphatic rings. The van der Waals surface area contributed by atoms with Crippen LogP contribution in [0.4, 0.5) is 0 Å². The summed E-state index contributed by atoms with van der Waals surface area (Å²) in [6, 6.07) is 8.22. The van der Waals surface area contributed by atoms with Crippen molar-refractivity contribution < 1.29 is 9.84 Å². The fraction of sp³-hybridized carbons (Fsp3) is 0.500. The lowest BCUT2D eigenvalue weighted by molar-refractivity contribution is -0.0337. The largest absolute Gasteiger partial charge is 0.395 e. The fourth-order valence-electron chi connectivity index (χ4n) is 1.93. The minimum Gasteiger partial charge on any atom is -0.395 e. The zero-order valence-corrected chi connectivity index (χ0v) is 10.7. The number of ether oxygens (including phenoxy) is 1. The van der Waals surface area contributed by atoms with Crippen LogP contribution in [-0.4, -0.2) is 42.9 Å². The second kappa shape index (κ2) is 5.77. The molecule has 1 heterocycles. The van der Waals surface area contributed by atoms with E-state index in [2.05, 4.69) is 33.0 Å². The zero-order chi connectivity index (χ0) is 11.4. The molecule has 1 atom stereocenters. The van der Waals surface area contributed by atoms with E-state index in [1.807, 2.05) is 12.1 Å². The molecule has 1 saturated heterocycles. The predicted molar refractivity (Wildman–Crippen MR) is 66.4 cm³/mol. The quantitative estimate of drug-likeness (QED) is 0.920. The number of halogens is 1. The molecule has 3 nitrogen and oxygen atoms in total. The van der Waals surface area contributed by atoms with Gasteiger partial charge >= 0.3 is 0 Å². The van der Waals surface area contributed by atoms with E-state index < -0.39 is 0 Å². The summed E-state index contributed by atoms with van der Waals surface area (Å²) in [5.74, 6) is 0. The summed E-state index contributed by atoms with van der Waals surface area (Å²) in [6.07, 6.45) is 0.133. The maximum Gasteiger partial charge on any atom is 0.0952 e. The van der Waals surface area contributed by atoms with Gasteiger partial charge in [0.25, 0.3) is 0 Å². The molecule has 1 aromatic rings. The molecule has 0 aliphatic carbocycles. The molecular weight excluding hydrogens is 270 g/mol. The summed E-state index contributed by atoms with van der Waals surface area (Å²) in [6.45, 7) is 3.46.